The second-order valence-corrected chi connectivity index (χ2v) is 4.98. The predicted octanol–water partition coefficient (Wildman–Crippen LogP) is 1.67. The van der Waals surface area contributed by atoms with Gasteiger partial charge in [0.05, 0.1) is 0 Å². The normalized spacial score (nSPS) is 32.8. The van der Waals surface area contributed by atoms with E-state index in [-0.39, 0.29) is 0 Å². The van der Waals surface area contributed by atoms with E-state index in [0.29, 0.717) is 12.1 Å². The zero-order chi connectivity index (χ0) is 10.0. The number of hydrogen-bond donors (Lipinski definition) is 0. The lowest BCUT2D eigenvalue weighted by Gasteiger charge is -2.43. The van der Waals surface area contributed by atoms with Crippen LogP contribution in [-0.2, 0) is 0 Å². The molecule has 0 aromatic rings. The van der Waals surface area contributed by atoms with E-state index in [0.717, 1.165) is 5.92 Å². The lowest BCUT2D eigenvalue weighted by atomic mass is 10.1. The molecule has 0 aromatic heterocycles. The van der Waals surface area contributed by atoms with Crippen LogP contribution in [0, 0.1) is 5.92 Å². The molecule has 0 aromatic carbocycles. The smallest absolute Gasteiger partial charge is 0.0195 e. The zero-order valence-electron chi connectivity index (χ0n) is 9.75. The number of likely N-dealkylation sites (N-methyl/N-ethyl adjacent to an activating group) is 1. The molecule has 2 nitrogen and oxygen atoms in total. The third-order valence-electron chi connectivity index (χ3n) is 3.06. The Bertz CT molecular complexity index is 144. The molecule has 0 radical (unpaired) electrons. The molecule has 1 fully saturated rings. The number of hydrogen-bond acceptors (Lipinski definition) is 2. The first kappa shape index (κ1) is 11.0. The van der Waals surface area contributed by atoms with Crippen LogP contribution in [0.1, 0.15) is 27.7 Å². The molecule has 2 heteroatoms. The number of piperazine rings is 1. The van der Waals surface area contributed by atoms with Crippen molar-refractivity contribution in [2.45, 2.75) is 39.8 Å². The summed E-state index contributed by atoms with van der Waals surface area (Å²) in [4.78, 5) is 5.08. The first-order valence-electron chi connectivity index (χ1n) is 5.45. The molecule has 0 aliphatic carbocycles. The van der Waals surface area contributed by atoms with Gasteiger partial charge in [-0.1, -0.05) is 13.8 Å². The van der Waals surface area contributed by atoms with Crippen LogP contribution in [0.3, 0.4) is 0 Å². The Kier molecular flexibility index (Phi) is 3.74. The highest BCUT2D eigenvalue weighted by Gasteiger charge is 2.26. The lowest BCUT2D eigenvalue weighted by Crippen LogP contribution is -2.55. The van der Waals surface area contributed by atoms with Crippen LogP contribution >= 0.6 is 0 Å². The van der Waals surface area contributed by atoms with Gasteiger partial charge in [-0.05, 0) is 26.8 Å². The van der Waals surface area contributed by atoms with Gasteiger partial charge in [-0.25, -0.2) is 0 Å². The van der Waals surface area contributed by atoms with Crippen LogP contribution < -0.4 is 0 Å². The van der Waals surface area contributed by atoms with Crippen molar-refractivity contribution in [2.75, 3.05) is 26.7 Å². The minimum absolute atomic E-state index is 0.711. The van der Waals surface area contributed by atoms with E-state index < -0.39 is 0 Å². The summed E-state index contributed by atoms with van der Waals surface area (Å²) in [6.07, 6.45) is 0. The standard InChI is InChI=1S/C11H24N2/c1-9(2)6-13-7-10(3)12(5)11(4)8-13/h9-11H,6-8H2,1-5H3/t10-,11+. The molecule has 13 heavy (non-hydrogen) atoms. The maximum atomic E-state index is 2.60. The van der Waals surface area contributed by atoms with Crippen molar-refractivity contribution in [1.29, 1.82) is 0 Å². The van der Waals surface area contributed by atoms with Crippen molar-refractivity contribution in [3.05, 3.63) is 0 Å². The van der Waals surface area contributed by atoms with E-state index in [1.54, 1.807) is 0 Å². The average Bonchev–Trinajstić information content (AvgIpc) is 1.98. The highest BCUT2D eigenvalue weighted by atomic mass is 15.3. The van der Waals surface area contributed by atoms with Crippen LogP contribution in [-0.4, -0.2) is 48.6 Å². The summed E-state index contributed by atoms with van der Waals surface area (Å²) in [6, 6.07) is 1.42. The van der Waals surface area contributed by atoms with Crippen molar-refractivity contribution in [3.8, 4) is 0 Å². The highest BCUT2D eigenvalue weighted by Crippen LogP contribution is 2.14. The quantitative estimate of drug-likeness (QED) is 0.644. The minimum atomic E-state index is 0.711. The van der Waals surface area contributed by atoms with E-state index >= 15 is 0 Å². The zero-order valence-corrected chi connectivity index (χ0v) is 9.75. The molecule has 1 aliphatic heterocycles. The van der Waals surface area contributed by atoms with Crippen molar-refractivity contribution >= 4 is 0 Å². The van der Waals surface area contributed by atoms with Crippen molar-refractivity contribution in [1.82, 2.24) is 9.80 Å². The topological polar surface area (TPSA) is 6.48 Å². The summed E-state index contributed by atoms with van der Waals surface area (Å²) < 4.78 is 0. The van der Waals surface area contributed by atoms with Gasteiger partial charge in [-0.2, -0.15) is 0 Å². The van der Waals surface area contributed by atoms with Crippen LogP contribution in [0.2, 0.25) is 0 Å². The molecular formula is C11H24N2. The molecule has 0 spiro atoms. The van der Waals surface area contributed by atoms with Gasteiger partial charge in [-0.15, -0.1) is 0 Å². The summed E-state index contributed by atoms with van der Waals surface area (Å²) in [5, 5.41) is 0. The monoisotopic (exact) mass is 184 g/mol. The van der Waals surface area contributed by atoms with Gasteiger partial charge in [0, 0.05) is 31.7 Å². The molecule has 1 rings (SSSR count). The van der Waals surface area contributed by atoms with Gasteiger partial charge in [-0.3, -0.25) is 9.80 Å². The second kappa shape index (κ2) is 4.43. The highest BCUT2D eigenvalue weighted by molar-refractivity contribution is 4.82. The Morgan fingerprint density at radius 3 is 2.00 bits per heavy atom. The Labute approximate surface area is 82.9 Å². The van der Waals surface area contributed by atoms with Gasteiger partial charge < -0.3 is 0 Å². The van der Waals surface area contributed by atoms with Crippen LogP contribution in [0.4, 0.5) is 0 Å². The third-order valence-corrected chi connectivity index (χ3v) is 3.06. The SMILES string of the molecule is CC(C)CN1C[C@@H](C)N(C)[C@@H](C)C1. The van der Waals surface area contributed by atoms with Gasteiger partial charge >= 0.3 is 0 Å². The predicted molar refractivity (Wildman–Crippen MR) is 58.0 cm³/mol. The van der Waals surface area contributed by atoms with Gasteiger partial charge in [0.25, 0.3) is 0 Å². The summed E-state index contributed by atoms with van der Waals surface area (Å²) in [6.45, 7) is 13.0. The Morgan fingerprint density at radius 1 is 1.15 bits per heavy atom. The fourth-order valence-electron chi connectivity index (χ4n) is 2.18. The molecule has 78 valence electrons. The van der Waals surface area contributed by atoms with Gasteiger partial charge in [0.15, 0.2) is 0 Å². The summed E-state index contributed by atoms with van der Waals surface area (Å²) >= 11 is 0. The molecule has 1 saturated heterocycles. The Balaban J connectivity index is 2.44. The number of nitrogens with zero attached hydrogens (tertiary/aromatic N) is 2. The largest absolute Gasteiger partial charge is 0.300 e. The third kappa shape index (κ3) is 2.96. The molecule has 1 aliphatic rings. The fourth-order valence-corrected chi connectivity index (χ4v) is 2.18. The summed E-state index contributed by atoms with van der Waals surface area (Å²) in [5.74, 6) is 0.794. The van der Waals surface area contributed by atoms with Gasteiger partial charge in [0.2, 0.25) is 0 Å². The minimum Gasteiger partial charge on any atom is -0.300 e. The van der Waals surface area contributed by atoms with Crippen molar-refractivity contribution < 1.29 is 0 Å². The van der Waals surface area contributed by atoms with E-state index in [1.807, 2.05) is 0 Å². The van der Waals surface area contributed by atoms with Crippen LogP contribution in [0.5, 0.6) is 0 Å². The first-order chi connectivity index (χ1) is 6.00. The lowest BCUT2D eigenvalue weighted by molar-refractivity contribution is 0.0535. The van der Waals surface area contributed by atoms with E-state index in [1.165, 1.54) is 19.6 Å². The van der Waals surface area contributed by atoms with Gasteiger partial charge in [0.1, 0.15) is 0 Å². The number of rotatable bonds is 2. The Morgan fingerprint density at radius 2 is 1.62 bits per heavy atom. The van der Waals surface area contributed by atoms with E-state index in [9.17, 15) is 0 Å². The van der Waals surface area contributed by atoms with Crippen LogP contribution in [0.25, 0.3) is 0 Å². The first-order valence-corrected chi connectivity index (χ1v) is 5.45. The molecule has 0 amide bonds. The molecule has 0 bridgehead atoms. The molecular weight excluding hydrogens is 160 g/mol. The molecule has 2 atom stereocenters. The van der Waals surface area contributed by atoms with Crippen LogP contribution in [0.15, 0.2) is 0 Å². The summed E-state index contributed by atoms with van der Waals surface area (Å²) in [7, 11) is 2.24. The summed E-state index contributed by atoms with van der Waals surface area (Å²) in [5.41, 5.74) is 0. The Hall–Kier alpha value is -0.0800. The van der Waals surface area contributed by atoms with E-state index in [4.69, 9.17) is 0 Å². The fraction of sp³-hybridized carbons (Fsp3) is 1.00. The molecule has 1 heterocycles. The maximum Gasteiger partial charge on any atom is 0.0195 e. The average molecular weight is 184 g/mol. The molecule has 0 unspecified atom stereocenters. The van der Waals surface area contributed by atoms with Crippen molar-refractivity contribution in [2.24, 2.45) is 5.92 Å². The maximum absolute atomic E-state index is 2.60. The molecule has 0 N–H and O–H groups in total. The molecule has 0 saturated carbocycles. The van der Waals surface area contributed by atoms with E-state index in [2.05, 4.69) is 44.5 Å². The van der Waals surface area contributed by atoms with Crippen molar-refractivity contribution in [3.63, 3.8) is 0 Å². The second-order valence-electron chi connectivity index (χ2n) is 4.98.